The van der Waals surface area contributed by atoms with E-state index in [0.29, 0.717) is 0 Å². The summed E-state index contributed by atoms with van der Waals surface area (Å²) in [6.45, 7) is 7.72. The molecule has 1 N–H and O–H groups in total. The Kier molecular flexibility index (Phi) is 3.57. The number of amides is 1. The van der Waals surface area contributed by atoms with Gasteiger partial charge in [-0.1, -0.05) is 29.8 Å². The zero-order valence-corrected chi connectivity index (χ0v) is 12.2. The normalized spacial score (nSPS) is 16.8. The van der Waals surface area contributed by atoms with Gasteiger partial charge in [-0.2, -0.15) is 0 Å². The molecule has 3 nitrogen and oxygen atoms in total. The number of hydrogen-bond acceptors (Lipinski definition) is 2. The van der Waals surface area contributed by atoms with Crippen LogP contribution in [0.3, 0.4) is 0 Å². The summed E-state index contributed by atoms with van der Waals surface area (Å²) in [6, 6.07) is 8.48. The Morgan fingerprint density at radius 1 is 1.26 bits per heavy atom. The molecule has 19 heavy (non-hydrogen) atoms. The number of carbonyl (C=O) groups is 1. The third-order valence-corrected chi connectivity index (χ3v) is 3.28. The summed E-state index contributed by atoms with van der Waals surface area (Å²) in [5, 5.41) is 3.03. The molecule has 2 rings (SSSR count). The van der Waals surface area contributed by atoms with Crippen LogP contribution in [0, 0.1) is 6.92 Å². The van der Waals surface area contributed by atoms with Crippen molar-refractivity contribution >= 4 is 6.09 Å². The van der Waals surface area contributed by atoms with Crippen LogP contribution in [0.1, 0.15) is 44.7 Å². The van der Waals surface area contributed by atoms with E-state index in [2.05, 4.69) is 36.5 Å². The molecule has 1 saturated carbocycles. The molecule has 3 heteroatoms. The largest absolute Gasteiger partial charge is 0.444 e. The van der Waals surface area contributed by atoms with Gasteiger partial charge in [0.1, 0.15) is 5.60 Å². The lowest BCUT2D eigenvalue weighted by molar-refractivity contribution is 0.0496. The second kappa shape index (κ2) is 4.87. The fourth-order valence-electron chi connectivity index (χ4n) is 2.11. The molecule has 0 radical (unpaired) electrons. The van der Waals surface area contributed by atoms with E-state index in [1.807, 2.05) is 20.8 Å². The zero-order chi connectivity index (χ0) is 14.1. The van der Waals surface area contributed by atoms with Crippen molar-refractivity contribution < 1.29 is 9.53 Å². The van der Waals surface area contributed by atoms with Crippen LogP contribution in [0.25, 0.3) is 0 Å². The Balaban J connectivity index is 1.93. The van der Waals surface area contributed by atoms with Gasteiger partial charge in [-0.3, -0.25) is 0 Å². The number of nitrogens with one attached hydrogen (secondary N) is 1. The van der Waals surface area contributed by atoms with Crippen molar-refractivity contribution in [3.63, 3.8) is 0 Å². The molecule has 0 atom stereocenters. The van der Waals surface area contributed by atoms with Gasteiger partial charge in [0.15, 0.2) is 0 Å². The van der Waals surface area contributed by atoms with Crippen molar-refractivity contribution in [1.29, 1.82) is 0 Å². The van der Waals surface area contributed by atoms with Crippen molar-refractivity contribution in [2.24, 2.45) is 0 Å². The Morgan fingerprint density at radius 3 is 2.32 bits per heavy atom. The Bertz CT molecular complexity index is 453. The highest BCUT2D eigenvalue weighted by atomic mass is 16.6. The van der Waals surface area contributed by atoms with Crippen LogP contribution in [0.15, 0.2) is 24.3 Å². The number of ether oxygens (including phenoxy) is 1. The number of alkyl carbamates (subject to hydrolysis) is 1. The van der Waals surface area contributed by atoms with Crippen molar-refractivity contribution in [2.45, 2.75) is 58.1 Å². The Morgan fingerprint density at radius 2 is 1.84 bits per heavy atom. The van der Waals surface area contributed by atoms with Crippen molar-refractivity contribution in [1.82, 2.24) is 5.32 Å². The fourth-order valence-corrected chi connectivity index (χ4v) is 2.11. The second-order valence-electron chi connectivity index (χ2n) is 6.57. The molecule has 0 aromatic heterocycles. The molecule has 1 aliphatic rings. The molecular weight excluding hydrogens is 238 g/mol. The fraction of sp³-hybridized carbons (Fsp3) is 0.562. The van der Waals surface area contributed by atoms with Crippen LogP contribution in [0.5, 0.6) is 0 Å². The highest BCUT2D eigenvalue weighted by Crippen LogP contribution is 2.38. The predicted molar refractivity (Wildman–Crippen MR) is 76.2 cm³/mol. The highest BCUT2D eigenvalue weighted by molar-refractivity contribution is 5.69. The highest BCUT2D eigenvalue weighted by Gasteiger charge is 2.44. The number of hydrogen-bond donors (Lipinski definition) is 1. The lowest BCUT2D eigenvalue weighted by atomic mass is 10.0. The molecule has 1 fully saturated rings. The molecule has 1 aliphatic carbocycles. The first kappa shape index (κ1) is 13.9. The Labute approximate surface area is 115 Å². The summed E-state index contributed by atoms with van der Waals surface area (Å²) in [5.41, 5.74) is 1.99. The summed E-state index contributed by atoms with van der Waals surface area (Å²) in [6.07, 6.45) is 2.63. The minimum absolute atomic E-state index is 0.0857. The maximum absolute atomic E-state index is 11.8. The SMILES string of the molecule is Cc1ccc(CC2(NC(=O)OC(C)(C)C)CC2)cc1. The van der Waals surface area contributed by atoms with Gasteiger partial charge in [0, 0.05) is 5.54 Å². The van der Waals surface area contributed by atoms with Crippen molar-refractivity contribution in [3.8, 4) is 0 Å². The smallest absolute Gasteiger partial charge is 0.408 e. The molecule has 0 saturated heterocycles. The maximum atomic E-state index is 11.8. The van der Waals surface area contributed by atoms with E-state index in [9.17, 15) is 4.79 Å². The van der Waals surface area contributed by atoms with Gasteiger partial charge in [0.25, 0.3) is 0 Å². The number of benzene rings is 1. The summed E-state index contributed by atoms with van der Waals surface area (Å²) < 4.78 is 5.32. The van der Waals surface area contributed by atoms with Crippen molar-refractivity contribution in [3.05, 3.63) is 35.4 Å². The first-order valence-corrected chi connectivity index (χ1v) is 6.85. The summed E-state index contributed by atoms with van der Waals surface area (Å²) >= 11 is 0. The predicted octanol–water partition coefficient (Wildman–Crippen LogP) is 3.59. The zero-order valence-electron chi connectivity index (χ0n) is 12.2. The molecule has 0 spiro atoms. The standard InChI is InChI=1S/C16H23NO2/c1-12-5-7-13(8-6-12)11-16(9-10-16)17-14(18)19-15(2,3)4/h5-8H,9-11H2,1-4H3,(H,17,18). The second-order valence-corrected chi connectivity index (χ2v) is 6.57. The minimum atomic E-state index is -0.440. The first-order valence-electron chi connectivity index (χ1n) is 6.85. The summed E-state index contributed by atoms with van der Waals surface area (Å²) in [7, 11) is 0. The summed E-state index contributed by atoms with van der Waals surface area (Å²) in [4.78, 5) is 11.8. The molecular formula is C16H23NO2. The molecule has 1 aromatic carbocycles. The van der Waals surface area contributed by atoms with E-state index in [-0.39, 0.29) is 11.6 Å². The molecule has 0 unspecified atom stereocenters. The summed E-state index contributed by atoms with van der Waals surface area (Å²) in [5.74, 6) is 0. The monoisotopic (exact) mass is 261 g/mol. The van der Waals surface area contributed by atoms with E-state index in [0.717, 1.165) is 19.3 Å². The third-order valence-electron chi connectivity index (χ3n) is 3.28. The van der Waals surface area contributed by atoms with Crippen LogP contribution in [-0.2, 0) is 11.2 Å². The number of rotatable bonds is 3. The van der Waals surface area contributed by atoms with Crippen LogP contribution in [-0.4, -0.2) is 17.2 Å². The number of aryl methyl sites for hydroxylation is 1. The number of carbonyl (C=O) groups excluding carboxylic acids is 1. The average Bonchev–Trinajstić information content (AvgIpc) is 2.98. The third kappa shape index (κ3) is 4.27. The first-order chi connectivity index (χ1) is 8.78. The molecule has 104 valence electrons. The topological polar surface area (TPSA) is 38.3 Å². The molecule has 1 amide bonds. The lowest BCUT2D eigenvalue weighted by Gasteiger charge is -2.23. The van der Waals surface area contributed by atoms with E-state index in [1.54, 1.807) is 0 Å². The average molecular weight is 261 g/mol. The lowest BCUT2D eigenvalue weighted by Crippen LogP contribution is -2.41. The van der Waals surface area contributed by atoms with E-state index in [4.69, 9.17) is 4.74 Å². The van der Waals surface area contributed by atoms with Gasteiger partial charge in [0.05, 0.1) is 0 Å². The van der Waals surface area contributed by atoms with Gasteiger partial charge in [-0.25, -0.2) is 4.79 Å². The quantitative estimate of drug-likeness (QED) is 0.903. The van der Waals surface area contributed by atoms with Gasteiger partial charge in [-0.15, -0.1) is 0 Å². The van der Waals surface area contributed by atoms with E-state index < -0.39 is 5.60 Å². The molecule has 1 aromatic rings. The van der Waals surface area contributed by atoms with Gasteiger partial charge >= 0.3 is 6.09 Å². The Hall–Kier alpha value is -1.51. The van der Waals surface area contributed by atoms with Crippen LogP contribution >= 0.6 is 0 Å². The van der Waals surface area contributed by atoms with Gasteiger partial charge in [-0.05, 0) is 52.5 Å². The maximum Gasteiger partial charge on any atom is 0.408 e. The molecule has 0 heterocycles. The molecule has 0 bridgehead atoms. The van der Waals surface area contributed by atoms with Gasteiger partial charge < -0.3 is 10.1 Å². The molecule has 0 aliphatic heterocycles. The van der Waals surface area contributed by atoms with Crippen LogP contribution in [0.4, 0.5) is 4.79 Å². The van der Waals surface area contributed by atoms with Crippen LogP contribution < -0.4 is 5.32 Å². The van der Waals surface area contributed by atoms with Crippen molar-refractivity contribution in [2.75, 3.05) is 0 Å². The minimum Gasteiger partial charge on any atom is -0.444 e. The van der Waals surface area contributed by atoms with Crippen LogP contribution in [0.2, 0.25) is 0 Å². The van der Waals surface area contributed by atoms with E-state index >= 15 is 0 Å². The van der Waals surface area contributed by atoms with E-state index in [1.165, 1.54) is 11.1 Å². The van der Waals surface area contributed by atoms with Gasteiger partial charge in [0.2, 0.25) is 0 Å².